The number of rotatable bonds is 5. The molecule has 1 aliphatic heterocycles. The van der Waals surface area contributed by atoms with E-state index in [0.717, 1.165) is 0 Å². The van der Waals surface area contributed by atoms with Crippen LogP contribution in [0, 0.1) is 11.8 Å². The minimum atomic E-state index is -1.19. The second-order valence-corrected chi connectivity index (χ2v) is 7.09. The first-order valence-corrected chi connectivity index (χ1v) is 8.22. The summed E-state index contributed by atoms with van der Waals surface area (Å²) in [5.41, 5.74) is 4.30. The standard InChI is InChI=1S/C16H25N3O5/c1-8(2)15(24)19-7-10(6-16(19)5-4-11(16)21)14(23)18-12(9(3)20)13(17)22/h8-10,12,20H,4-7H2,1-3H3,(H2,17,22)(H,18,23)/t9-,10?,12+,16?/m1/s1. The van der Waals surface area contributed by atoms with Gasteiger partial charge in [0.15, 0.2) is 5.78 Å². The van der Waals surface area contributed by atoms with Crippen molar-refractivity contribution in [1.29, 1.82) is 0 Å². The smallest absolute Gasteiger partial charge is 0.242 e. The third-order valence-electron chi connectivity index (χ3n) is 5.01. The molecule has 0 aromatic carbocycles. The number of hydrogen-bond donors (Lipinski definition) is 3. The molecule has 2 fully saturated rings. The number of nitrogens with one attached hydrogen (secondary N) is 1. The van der Waals surface area contributed by atoms with Crippen LogP contribution in [0.15, 0.2) is 0 Å². The first kappa shape index (κ1) is 18.4. The Labute approximate surface area is 140 Å². The summed E-state index contributed by atoms with van der Waals surface area (Å²) in [5.74, 6) is -2.35. The number of likely N-dealkylation sites (tertiary alicyclic amines) is 1. The predicted octanol–water partition coefficient (Wildman–Crippen LogP) is -1.06. The maximum atomic E-state index is 12.5. The molecule has 1 saturated heterocycles. The van der Waals surface area contributed by atoms with Crippen molar-refractivity contribution in [2.45, 2.75) is 57.7 Å². The first-order valence-electron chi connectivity index (χ1n) is 8.22. The quantitative estimate of drug-likeness (QED) is 0.588. The van der Waals surface area contributed by atoms with Gasteiger partial charge in [-0.15, -0.1) is 0 Å². The van der Waals surface area contributed by atoms with Crippen LogP contribution in [0.25, 0.3) is 0 Å². The second kappa shape index (κ2) is 6.51. The lowest BCUT2D eigenvalue weighted by atomic mass is 9.72. The van der Waals surface area contributed by atoms with Gasteiger partial charge in [-0.25, -0.2) is 0 Å². The summed E-state index contributed by atoms with van der Waals surface area (Å²) in [4.78, 5) is 49.9. The largest absolute Gasteiger partial charge is 0.391 e. The Morgan fingerprint density at radius 3 is 2.33 bits per heavy atom. The Hall–Kier alpha value is -1.96. The van der Waals surface area contributed by atoms with Crippen LogP contribution in [-0.2, 0) is 19.2 Å². The van der Waals surface area contributed by atoms with Crippen LogP contribution in [0.4, 0.5) is 0 Å². The van der Waals surface area contributed by atoms with Gasteiger partial charge in [-0.3, -0.25) is 19.2 Å². The fourth-order valence-corrected chi connectivity index (χ4v) is 3.48. The number of nitrogens with two attached hydrogens (primary N) is 1. The van der Waals surface area contributed by atoms with Crippen molar-refractivity contribution in [3.63, 3.8) is 0 Å². The molecule has 0 aromatic heterocycles. The van der Waals surface area contributed by atoms with Gasteiger partial charge in [0, 0.05) is 18.9 Å². The molecule has 8 nitrogen and oxygen atoms in total. The molecule has 4 N–H and O–H groups in total. The average Bonchev–Trinajstić information content (AvgIpc) is 2.92. The number of aliphatic hydroxyl groups is 1. The van der Waals surface area contributed by atoms with Crippen molar-refractivity contribution in [3.05, 3.63) is 0 Å². The summed E-state index contributed by atoms with van der Waals surface area (Å²) < 4.78 is 0. The predicted molar refractivity (Wildman–Crippen MR) is 84.4 cm³/mol. The zero-order valence-corrected chi connectivity index (χ0v) is 14.2. The molecule has 0 aromatic rings. The molecule has 1 aliphatic carbocycles. The van der Waals surface area contributed by atoms with Crippen molar-refractivity contribution < 1.29 is 24.3 Å². The van der Waals surface area contributed by atoms with Crippen LogP contribution in [-0.4, -0.2) is 57.7 Å². The summed E-state index contributed by atoms with van der Waals surface area (Å²) in [6.07, 6.45) is 0.0967. The normalized spacial score (nSPS) is 28.6. The molecular weight excluding hydrogens is 314 g/mol. The van der Waals surface area contributed by atoms with Crippen molar-refractivity contribution >= 4 is 23.5 Å². The van der Waals surface area contributed by atoms with Gasteiger partial charge in [-0.05, 0) is 19.8 Å². The van der Waals surface area contributed by atoms with E-state index >= 15 is 0 Å². The number of carbonyl (C=O) groups is 4. The third-order valence-corrected chi connectivity index (χ3v) is 5.01. The van der Waals surface area contributed by atoms with E-state index in [1.807, 2.05) is 0 Å². The van der Waals surface area contributed by atoms with Crippen molar-refractivity contribution in [2.75, 3.05) is 6.54 Å². The van der Waals surface area contributed by atoms with E-state index in [1.165, 1.54) is 11.8 Å². The van der Waals surface area contributed by atoms with E-state index in [0.29, 0.717) is 12.8 Å². The Morgan fingerprint density at radius 2 is 1.96 bits per heavy atom. The van der Waals surface area contributed by atoms with Crippen LogP contribution in [0.3, 0.4) is 0 Å². The molecular formula is C16H25N3O5. The zero-order valence-electron chi connectivity index (χ0n) is 14.2. The Kier molecular flexibility index (Phi) is 4.98. The lowest BCUT2D eigenvalue weighted by molar-refractivity contribution is -0.152. The number of Topliss-reactive ketones (excluding diaryl/α,β-unsaturated/α-hetero) is 1. The molecule has 1 saturated carbocycles. The van der Waals surface area contributed by atoms with E-state index in [-0.39, 0.29) is 30.6 Å². The third kappa shape index (κ3) is 3.02. The number of ketones is 1. The number of nitrogens with zero attached hydrogens (tertiary/aromatic N) is 1. The summed E-state index contributed by atoms with van der Waals surface area (Å²) >= 11 is 0. The van der Waals surface area contributed by atoms with Gasteiger partial charge in [-0.1, -0.05) is 13.8 Å². The van der Waals surface area contributed by atoms with Crippen LogP contribution in [0.5, 0.6) is 0 Å². The van der Waals surface area contributed by atoms with Gasteiger partial charge in [-0.2, -0.15) is 0 Å². The molecule has 2 aliphatic rings. The van der Waals surface area contributed by atoms with E-state index in [1.54, 1.807) is 13.8 Å². The van der Waals surface area contributed by atoms with Crippen LogP contribution >= 0.6 is 0 Å². The van der Waals surface area contributed by atoms with E-state index in [4.69, 9.17) is 5.73 Å². The number of hydrogen-bond acceptors (Lipinski definition) is 5. The molecule has 4 atom stereocenters. The van der Waals surface area contributed by atoms with Gasteiger partial charge in [0.2, 0.25) is 17.7 Å². The van der Waals surface area contributed by atoms with Crippen molar-refractivity contribution in [3.8, 4) is 0 Å². The minimum Gasteiger partial charge on any atom is -0.391 e. The highest BCUT2D eigenvalue weighted by Crippen LogP contribution is 2.45. The lowest BCUT2D eigenvalue weighted by Crippen LogP contribution is -2.59. The number of amides is 3. The summed E-state index contributed by atoms with van der Waals surface area (Å²) in [7, 11) is 0. The van der Waals surface area contributed by atoms with E-state index in [9.17, 15) is 24.3 Å². The monoisotopic (exact) mass is 339 g/mol. The Morgan fingerprint density at radius 1 is 1.33 bits per heavy atom. The maximum Gasteiger partial charge on any atom is 0.242 e. The number of aliphatic hydroxyl groups excluding tert-OH is 1. The molecule has 2 rings (SSSR count). The molecule has 3 amide bonds. The first-order chi connectivity index (χ1) is 11.1. The lowest BCUT2D eigenvalue weighted by Gasteiger charge is -2.44. The highest BCUT2D eigenvalue weighted by atomic mass is 16.3. The van der Waals surface area contributed by atoms with Gasteiger partial charge < -0.3 is 21.1 Å². The molecule has 24 heavy (non-hydrogen) atoms. The SMILES string of the molecule is CC(C)C(=O)N1CC(C(=O)N[C@H](C(N)=O)[C@@H](C)O)CC12CCC2=O. The van der Waals surface area contributed by atoms with Crippen molar-refractivity contribution in [2.24, 2.45) is 17.6 Å². The summed E-state index contributed by atoms with van der Waals surface area (Å²) in [6.45, 7) is 5.00. The number of carbonyl (C=O) groups excluding carboxylic acids is 4. The van der Waals surface area contributed by atoms with Crippen LogP contribution in [0.1, 0.15) is 40.0 Å². The van der Waals surface area contributed by atoms with E-state index < -0.39 is 35.4 Å². The molecule has 134 valence electrons. The fraction of sp³-hybridized carbons (Fsp3) is 0.750. The maximum absolute atomic E-state index is 12.5. The summed E-state index contributed by atoms with van der Waals surface area (Å²) in [6, 6.07) is -1.19. The van der Waals surface area contributed by atoms with Crippen LogP contribution in [0.2, 0.25) is 0 Å². The van der Waals surface area contributed by atoms with Gasteiger partial charge in [0.1, 0.15) is 11.6 Å². The van der Waals surface area contributed by atoms with Gasteiger partial charge >= 0.3 is 0 Å². The van der Waals surface area contributed by atoms with E-state index in [2.05, 4.69) is 5.32 Å². The molecule has 1 spiro atoms. The topological polar surface area (TPSA) is 130 Å². The van der Waals surface area contributed by atoms with Crippen molar-refractivity contribution in [1.82, 2.24) is 10.2 Å². The minimum absolute atomic E-state index is 0.0197. The molecule has 0 radical (unpaired) electrons. The molecule has 2 unspecified atom stereocenters. The van der Waals surface area contributed by atoms with Gasteiger partial charge in [0.25, 0.3) is 0 Å². The Balaban J connectivity index is 2.15. The zero-order chi connectivity index (χ0) is 18.2. The number of primary amides is 1. The molecule has 8 heteroatoms. The summed E-state index contributed by atoms with van der Waals surface area (Å²) in [5, 5.41) is 12.0. The molecule has 1 heterocycles. The highest BCUT2D eigenvalue weighted by Gasteiger charge is 2.59. The second-order valence-electron chi connectivity index (χ2n) is 7.09. The Bertz CT molecular complexity index is 574. The van der Waals surface area contributed by atoms with Gasteiger partial charge in [0.05, 0.1) is 12.0 Å². The fourth-order valence-electron chi connectivity index (χ4n) is 3.48. The van der Waals surface area contributed by atoms with Crippen LogP contribution < -0.4 is 11.1 Å². The molecule has 0 bridgehead atoms. The highest BCUT2D eigenvalue weighted by molar-refractivity contribution is 6.00. The average molecular weight is 339 g/mol.